The Kier molecular flexibility index (Phi) is 3.99. The number of carboxylic acids is 1. The minimum Gasteiger partial charge on any atom is -0.491 e. The first kappa shape index (κ1) is 16.4. The van der Waals surface area contributed by atoms with Gasteiger partial charge in [-0.1, -0.05) is 31.2 Å². The Morgan fingerprint density at radius 1 is 1.23 bits per heavy atom. The number of aromatic nitrogens is 2. The van der Waals surface area contributed by atoms with E-state index in [1.165, 1.54) is 5.56 Å². The molecule has 4 rings (SSSR count). The minimum atomic E-state index is -0.960. The summed E-state index contributed by atoms with van der Waals surface area (Å²) in [5.74, 6) is 0.439. The summed E-state index contributed by atoms with van der Waals surface area (Å²) in [6.45, 7) is 5.38. The number of hydrogen-bond acceptors (Lipinski definition) is 3. The molecule has 2 heterocycles. The number of aromatic carboxylic acids is 1. The van der Waals surface area contributed by atoms with E-state index < -0.39 is 5.97 Å². The van der Waals surface area contributed by atoms with Crippen LogP contribution < -0.4 is 4.74 Å². The maximum Gasteiger partial charge on any atom is 0.335 e. The van der Waals surface area contributed by atoms with Crippen LogP contribution in [0, 0.1) is 6.92 Å². The fourth-order valence-corrected chi connectivity index (χ4v) is 3.53. The maximum atomic E-state index is 11.3. The number of ether oxygens (including phenoxy) is 1. The van der Waals surface area contributed by atoms with Gasteiger partial charge in [-0.2, -0.15) is 0 Å². The van der Waals surface area contributed by atoms with Crippen molar-refractivity contribution in [2.75, 3.05) is 6.61 Å². The number of imidazole rings is 1. The third-order valence-electron chi connectivity index (χ3n) is 4.92. The predicted molar refractivity (Wildman–Crippen MR) is 99.7 cm³/mol. The van der Waals surface area contributed by atoms with Crippen molar-refractivity contribution < 1.29 is 14.6 Å². The normalized spacial score (nSPS) is 12.7. The second kappa shape index (κ2) is 6.33. The number of fused-ring (bicyclic) bond motifs is 3. The summed E-state index contributed by atoms with van der Waals surface area (Å²) in [5.41, 5.74) is 5.54. The molecule has 0 fully saturated rings. The average molecular weight is 348 g/mol. The number of carbonyl (C=O) groups is 1. The van der Waals surface area contributed by atoms with Gasteiger partial charge >= 0.3 is 5.97 Å². The van der Waals surface area contributed by atoms with Crippen LogP contribution in [0.3, 0.4) is 0 Å². The van der Waals surface area contributed by atoms with Crippen molar-refractivity contribution in [2.45, 2.75) is 26.8 Å². The highest BCUT2D eigenvalue weighted by Gasteiger charge is 2.23. The van der Waals surface area contributed by atoms with Crippen molar-refractivity contribution in [2.24, 2.45) is 0 Å². The van der Waals surface area contributed by atoms with E-state index in [0.29, 0.717) is 18.9 Å². The molecule has 132 valence electrons. The Balaban J connectivity index is 1.91. The van der Waals surface area contributed by atoms with E-state index in [1.807, 2.05) is 6.07 Å². The summed E-state index contributed by atoms with van der Waals surface area (Å²) in [5, 5.41) is 9.23. The first-order valence-electron chi connectivity index (χ1n) is 8.76. The number of benzene rings is 2. The smallest absolute Gasteiger partial charge is 0.335 e. The lowest BCUT2D eigenvalue weighted by Gasteiger charge is -2.08. The monoisotopic (exact) mass is 348 g/mol. The molecule has 0 aliphatic carbocycles. The standard InChI is InChI=1S/C21H20N2O3/c1-3-14-6-4-5-7-16(14)19-13(2)23-10-11-26-18-12-15(21(24)25)8-9-17(18)20(23)22-19/h4-9,12H,3,10-11H2,1-2H3,(H,24,25). The van der Waals surface area contributed by atoms with Gasteiger partial charge in [0.15, 0.2) is 0 Å². The summed E-state index contributed by atoms with van der Waals surface area (Å²) in [4.78, 5) is 16.2. The summed E-state index contributed by atoms with van der Waals surface area (Å²) in [6.07, 6.45) is 0.944. The van der Waals surface area contributed by atoms with Gasteiger partial charge in [0.1, 0.15) is 18.2 Å². The van der Waals surface area contributed by atoms with Gasteiger partial charge in [-0.3, -0.25) is 0 Å². The zero-order valence-corrected chi connectivity index (χ0v) is 14.8. The number of carboxylic acid groups (broad SMARTS) is 1. The molecule has 3 aromatic rings. The molecule has 2 aromatic carbocycles. The molecule has 0 bridgehead atoms. The molecule has 0 unspecified atom stereocenters. The Bertz CT molecular complexity index is 1000. The molecule has 5 heteroatoms. The zero-order valence-electron chi connectivity index (χ0n) is 14.8. The van der Waals surface area contributed by atoms with Gasteiger partial charge in [0.05, 0.1) is 23.4 Å². The molecule has 1 aromatic heterocycles. The highest BCUT2D eigenvalue weighted by Crippen LogP contribution is 2.37. The summed E-state index contributed by atoms with van der Waals surface area (Å²) in [7, 11) is 0. The highest BCUT2D eigenvalue weighted by atomic mass is 16.5. The Labute approximate surface area is 151 Å². The van der Waals surface area contributed by atoms with Crippen LogP contribution in [-0.2, 0) is 13.0 Å². The van der Waals surface area contributed by atoms with Crippen molar-refractivity contribution in [1.29, 1.82) is 0 Å². The predicted octanol–water partition coefficient (Wildman–Crippen LogP) is 4.18. The lowest BCUT2D eigenvalue weighted by atomic mass is 10.0. The molecular formula is C21H20N2O3. The van der Waals surface area contributed by atoms with E-state index in [2.05, 4.69) is 36.6 Å². The van der Waals surface area contributed by atoms with Gasteiger partial charge < -0.3 is 14.4 Å². The summed E-state index contributed by atoms with van der Waals surface area (Å²) in [6, 6.07) is 13.3. The van der Waals surface area contributed by atoms with Crippen LogP contribution in [0.25, 0.3) is 22.6 Å². The maximum absolute atomic E-state index is 11.3. The molecule has 1 N–H and O–H groups in total. The lowest BCUT2D eigenvalue weighted by Crippen LogP contribution is -2.07. The molecule has 0 spiro atoms. The van der Waals surface area contributed by atoms with Crippen LogP contribution in [0.15, 0.2) is 42.5 Å². The van der Waals surface area contributed by atoms with Crippen molar-refractivity contribution in [3.8, 4) is 28.4 Å². The van der Waals surface area contributed by atoms with Crippen LogP contribution in [0.1, 0.15) is 28.5 Å². The van der Waals surface area contributed by atoms with Crippen molar-refractivity contribution in [3.05, 3.63) is 59.3 Å². The first-order valence-corrected chi connectivity index (χ1v) is 8.76. The number of aryl methyl sites for hydroxylation is 1. The summed E-state index contributed by atoms with van der Waals surface area (Å²) < 4.78 is 7.96. The Morgan fingerprint density at radius 3 is 2.81 bits per heavy atom. The van der Waals surface area contributed by atoms with Crippen LogP contribution >= 0.6 is 0 Å². The molecule has 5 nitrogen and oxygen atoms in total. The van der Waals surface area contributed by atoms with E-state index in [-0.39, 0.29) is 5.56 Å². The SMILES string of the molecule is CCc1ccccc1-c1nc2n(c1C)CCOc1cc(C(=O)O)ccc1-2. The topological polar surface area (TPSA) is 64.4 Å². The van der Waals surface area contributed by atoms with Gasteiger partial charge in [-0.25, -0.2) is 9.78 Å². The third-order valence-corrected chi connectivity index (χ3v) is 4.92. The van der Waals surface area contributed by atoms with E-state index in [9.17, 15) is 9.90 Å². The Hall–Kier alpha value is -3.08. The molecule has 0 atom stereocenters. The highest BCUT2D eigenvalue weighted by molar-refractivity contribution is 5.89. The third kappa shape index (κ3) is 2.56. The fraction of sp³-hybridized carbons (Fsp3) is 0.238. The van der Waals surface area contributed by atoms with Crippen molar-refractivity contribution >= 4 is 5.97 Å². The van der Waals surface area contributed by atoms with Crippen molar-refractivity contribution in [1.82, 2.24) is 9.55 Å². The average Bonchev–Trinajstić information content (AvgIpc) is 2.86. The number of nitrogens with zero attached hydrogens (tertiary/aromatic N) is 2. The van der Waals surface area contributed by atoms with Crippen LogP contribution in [-0.4, -0.2) is 27.2 Å². The minimum absolute atomic E-state index is 0.219. The van der Waals surface area contributed by atoms with E-state index in [0.717, 1.165) is 34.8 Å². The van der Waals surface area contributed by atoms with Gasteiger partial charge in [0.25, 0.3) is 0 Å². The Morgan fingerprint density at radius 2 is 2.04 bits per heavy atom. The van der Waals surface area contributed by atoms with Gasteiger partial charge in [-0.15, -0.1) is 0 Å². The second-order valence-electron chi connectivity index (χ2n) is 6.40. The van der Waals surface area contributed by atoms with Crippen LogP contribution in [0.2, 0.25) is 0 Å². The molecule has 1 aliphatic heterocycles. The zero-order chi connectivity index (χ0) is 18.3. The van der Waals surface area contributed by atoms with E-state index in [4.69, 9.17) is 9.72 Å². The number of hydrogen-bond donors (Lipinski definition) is 1. The van der Waals surface area contributed by atoms with E-state index >= 15 is 0 Å². The van der Waals surface area contributed by atoms with Crippen LogP contribution in [0.5, 0.6) is 5.75 Å². The molecule has 0 saturated carbocycles. The second-order valence-corrected chi connectivity index (χ2v) is 6.40. The molecule has 1 aliphatic rings. The van der Waals surface area contributed by atoms with Gasteiger partial charge in [0, 0.05) is 11.3 Å². The van der Waals surface area contributed by atoms with Gasteiger partial charge in [-0.05, 0) is 37.1 Å². The number of rotatable bonds is 3. The molecular weight excluding hydrogens is 328 g/mol. The summed E-state index contributed by atoms with van der Waals surface area (Å²) >= 11 is 0. The van der Waals surface area contributed by atoms with Gasteiger partial charge in [0.2, 0.25) is 0 Å². The quantitative estimate of drug-likeness (QED) is 0.771. The van der Waals surface area contributed by atoms with Crippen molar-refractivity contribution in [3.63, 3.8) is 0 Å². The molecule has 26 heavy (non-hydrogen) atoms. The molecule has 0 saturated heterocycles. The van der Waals surface area contributed by atoms with E-state index in [1.54, 1.807) is 18.2 Å². The first-order chi connectivity index (χ1) is 12.6. The molecule has 0 radical (unpaired) electrons. The largest absolute Gasteiger partial charge is 0.491 e. The van der Waals surface area contributed by atoms with Crippen LogP contribution in [0.4, 0.5) is 0 Å². The fourth-order valence-electron chi connectivity index (χ4n) is 3.53. The molecule has 0 amide bonds. The lowest BCUT2D eigenvalue weighted by molar-refractivity contribution is 0.0696.